The van der Waals surface area contributed by atoms with Crippen LogP contribution in [0.25, 0.3) is 0 Å². The molecule has 1 N–H and O–H groups in total. The quantitative estimate of drug-likeness (QED) is 0.817. The fourth-order valence-corrected chi connectivity index (χ4v) is 0.982. The molecule has 1 atom stereocenters. The Morgan fingerprint density at radius 1 is 1.36 bits per heavy atom. The Kier molecular flexibility index (Phi) is 3.57. The Balaban J connectivity index is 2.82. The van der Waals surface area contributed by atoms with Crippen LogP contribution < -0.4 is 5.32 Å². The average Bonchev–Trinajstić information content (AvgIpc) is 2.01. The molecule has 1 aromatic carbocycles. The molecule has 0 saturated carbocycles. The van der Waals surface area contributed by atoms with Crippen LogP contribution in [0.1, 0.15) is 6.92 Å². The van der Waals surface area contributed by atoms with Gasteiger partial charge in [-0.3, -0.25) is 4.79 Å². The first kappa shape index (κ1) is 11.1. The lowest BCUT2D eigenvalue weighted by atomic mass is 10.3. The van der Waals surface area contributed by atoms with Crippen LogP contribution >= 0.6 is 15.9 Å². The number of anilines is 1. The summed E-state index contributed by atoms with van der Waals surface area (Å²) in [5, 5.41) is 2.36. The fraction of sp³-hybridized carbons (Fsp3) is 0.222. The molecule has 1 aromatic rings. The van der Waals surface area contributed by atoms with Crippen LogP contribution in [0.15, 0.2) is 18.2 Å². The summed E-state index contributed by atoms with van der Waals surface area (Å²) in [4.78, 5) is 10.7. The number of nitrogens with one attached hydrogen (secondary N) is 1. The maximum atomic E-state index is 12.7. The molecule has 1 amide bonds. The van der Waals surface area contributed by atoms with Gasteiger partial charge in [0, 0.05) is 11.8 Å². The molecule has 0 heterocycles. The molecule has 0 spiro atoms. The van der Waals surface area contributed by atoms with Crippen molar-refractivity contribution in [3.63, 3.8) is 0 Å². The summed E-state index contributed by atoms with van der Waals surface area (Å²) in [7, 11) is 0. The third-order valence-corrected chi connectivity index (χ3v) is 1.91. The van der Waals surface area contributed by atoms with Gasteiger partial charge >= 0.3 is 0 Å². The lowest BCUT2D eigenvalue weighted by Crippen LogP contribution is -2.20. The van der Waals surface area contributed by atoms with Crippen molar-refractivity contribution in [3.8, 4) is 0 Å². The van der Waals surface area contributed by atoms with E-state index in [1.54, 1.807) is 6.92 Å². The molecule has 0 aliphatic heterocycles. The number of rotatable bonds is 2. The molecule has 76 valence electrons. The van der Waals surface area contributed by atoms with Gasteiger partial charge in [0.2, 0.25) is 5.91 Å². The van der Waals surface area contributed by atoms with Gasteiger partial charge in [-0.25, -0.2) is 8.78 Å². The van der Waals surface area contributed by atoms with E-state index in [2.05, 4.69) is 21.2 Å². The summed E-state index contributed by atoms with van der Waals surface area (Å²) in [6.45, 7) is 1.62. The maximum Gasteiger partial charge on any atom is 0.237 e. The molecule has 0 radical (unpaired) electrons. The monoisotopic (exact) mass is 263 g/mol. The highest BCUT2D eigenvalue weighted by molar-refractivity contribution is 9.10. The lowest BCUT2D eigenvalue weighted by molar-refractivity contribution is -0.115. The van der Waals surface area contributed by atoms with E-state index in [9.17, 15) is 13.6 Å². The Labute approximate surface area is 88.4 Å². The van der Waals surface area contributed by atoms with E-state index >= 15 is 0 Å². The SMILES string of the molecule is CC(Br)C(=O)Nc1cc(F)cc(F)c1. The first-order valence-electron chi connectivity index (χ1n) is 3.90. The first-order chi connectivity index (χ1) is 6.49. The minimum Gasteiger partial charge on any atom is -0.325 e. The zero-order chi connectivity index (χ0) is 10.7. The van der Waals surface area contributed by atoms with Crippen LogP contribution in [0, 0.1) is 11.6 Å². The van der Waals surface area contributed by atoms with Crippen molar-refractivity contribution in [1.29, 1.82) is 0 Å². The minimum atomic E-state index is -0.720. The highest BCUT2D eigenvalue weighted by atomic mass is 79.9. The zero-order valence-corrected chi connectivity index (χ0v) is 8.94. The zero-order valence-electron chi connectivity index (χ0n) is 7.35. The molecular weight excluding hydrogens is 256 g/mol. The van der Waals surface area contributed by atoms with Crippen LogP contribution in [0.2, 0.25) is 0 Å². The normalized spacial score (nSPS) is 12.3. The van der Waals surface area contributed by atoms with Crippen molar-refractivity contribution in [1.82, 2.24) is 0 Å². The van der Waals surface area contributed by atoms with Gasteiger partial charge in [0.05, 0.1) is 4.83 Å². The third-order valence-electron chi connectivity index (χ3n) is 1.49. The molecule has 1 rings (SSSR count). The van der Waals surface area contributed by atoms with Crippen LogP contribution in [0.3, 0.4) is 0 Å². The van der Waals surface area contributed by atoms with Crippen LogP contribution in [-0.2, 0) is 4.79 Å². The number of carbonyl (C=O) groups excluding carboxylic acids is 1. The molecule has 0 aromatic heterocycles. The summed E-state index contributed by atoms with van der Waals surface area (Å²) < 4.78 is 25.4. The Morgan fingerprint density at radius 3 is 2.29 bits per heavy atom. The Morgan fingerprint density at radius 2 is 1.86 bits per heavy atom. The summed E-state index contributed by atoms with van der Waals surface area (Å²) in [5.41, 5.74) is 0.110. The number of benzene rings is 1. The second-order valence-electron chi connectivity index (χ2n) is 2.76. The van der Waals surface area contributed by atoms with Crippen molar-refractivity contribution in [2.45, 2.75) is 11.8 Å². The smallest absolute Gasteiger partial charge is 0.237 e. The van der Waals surface area contributed by atoms with Crippen molar-refractivity contribution < 1.29 is 13.6 Å². The number of carbonyl (C=O) groups is 1. The molecule has 1 unspecified atom stereocenters. The molecule has 2 nitrogen and oxygen atoms in total. The van der Waals surface area contributed by atoms with Crippen LogP contribution in [0.4, 0.5) is 14.5 Å². The molecule has 14 heavy (non-hydrogen) atoms. The van der Waals surface area contributed by atoms with E-state index in [0.29, 0.717) is 0 Å². The highest BCUT2D eigenvalue weighted by Crippen LogP contribution is 2.13. The average molecular weight is 264 g/mol. The summed E-state index contributed by atoms with van der Waals surface area (Å²) in [5.74, 6) is -1.79. The lowest BCUT2D eigenvalue weighted by Gasteiger charge is -2.06. The van der Waals surface area contributed by atoms with Gasteiger partial charge < -0.3 is 5.32 Å². The molecular formula is C9H8BrF2NO. The molecule has 5 heteroatoms. The molecule has 0 aliphatic carbocycles. The molecule has 0 bridgehead atoms. The van der Waals surface area contributed by atoms with E-state index in [4.69, 9.17) is 0 Å². The van der Waals surface area contributed by atoms with Crippen molar-refractivity contribution in [2.24, 2.45) is 0 Å². The van der Waals surface area contributed by atoms with E-state index in [1.807, 2.05) is 0 Å². The number of halogens is 3. The first-order valence-corrected chi connectivity index (χ1v) is 4.81. The number of amides is 1. The predicted molar refractivity (Wildman–Crippen MR) is 53.4 cm³/mol. The highest BCUT2D eigenvalue weighted by Gasteiger charge is 2.09. The second kappa shape index (κ2) is 4.50. The summed E-state index contributed by atoms with van der Waals surface area (Å²) in [6.07, 6.45) is 0. The number of alkyl halides is 1. The van der Waals surface area contributed by atoms with Gasteiger partial charge in [-0.15, -0.1) is 0 Å². The van der Waals surface area contributed by atoms with Gasteiger partial charge in [-0.1, -0.05) is 15.9 Å². The fourth-order valence-electron chi connectivity index (χ4n) is 0.868. The van der Waals surface area contributed by atoms with Gasteiger partial charge in [0.15, 0.2) is 0 Å². The number of hydrogen-bond acceptors (Lipinski definition) is 1. The van der Waals surface area contributed by atoms with Crippen molar-refractivity contribution in [2.75, 3.05) is 5.32 Å². The van der Waals surface area contributed by atoms with Gasteiger partial charge in [-0.05, 0) is 19.1 Å². The van der Waals surface area contributed by atoms with E-state index in [1.165, 1.54) is 0 Å². The van der Waals surface area contributed by atoms with Crippen molar-refractivity contribution in [3.05, 3.63) is 29.8 Å². The maximum absolute atomic E-state index is 12.7. The van der Waals surface area contributed by atoms with Gasteiger partial charge in [0.25, 0.3) is 0 Å². The molecule has 0 saturated heterocycles. The Bertz CT molecular complexity index is 334. The number of hydrogen-bond donors (Lipinski definition) is 1. The van der Waals surface area contributed by atoms with E-state index in [-0.39, 0.29) is 11.6 Å². The van der Waals surface area contributed by atoms with E-state index in [0.717, 1.165) is 18.2 Å². The third kappa shape index (κ3) is 3.06. The Hall–Kier alpha value is -0.970. The molecule has 0 fully saturated rings. The largest absolute Gasteiger partial charge is 0.325 e. The predicted octanol–water partition coefficient (Wildman–Crippen LogP) is 2.69. The summed E-state index contributed by atoms with van der Waals surface area (Å²) >= 11 is 3.03. The van der Waals surface area contributed by atoms with Crippen LogP contribution in [-0.4, -0.2) is 10.7 Å². The second-order valence-corrected chi connectivity index (χ2v) is 4.14. The van der Waals surface area contributed by atoms with Crippen molar-refractivity contribution >= 4 is 27.5 Å². The van der Waals surface area contributed by atoms with E-state index < -0.39 is 16.5 Å². The van der Waals surface area contributed by atoms with Gasteiger partial charge in [0.1, 0.15) is 11.6 Å². The standard InChI is InChI=1S/C9H8BrF2NO/c1-5(10)9(14)13-8-3-6(11)2-7(12)4-8/h2-5H,1H3,(H,13,14). The van der Waals surface area contributed by atoms with Gasteiger partial charge in [-0.2, -0.15) is 0 Å². The molecule has 0 aliphatic rings. The minimum absolute atomic E-state index is 0.110. The topological polar surface area (TPSA) is 29.1 Å². The summed E-state index contributed by atoms with van der Waals surface area (Å²) in [6, 6.07) is 2.85. The van der Waals surface area contributed by atoms with Crippen LogP contribution in [0.5, 0.6) is 0 Å².